The van der Waals surface area contributed by atoms with Crippen LogP contribution in [0.5, 0.6) is 0 Å². The summed E-state index contributed by atoms with van der Waals surface area (Å²) in [4.78, 5) is 18.4. The second kappa shape index (κ2) is 16.6. The summed E-state index contributed by atoms with van der Waals surface area (Å²) >= 11 is 1.87. The Hall–Kier alpha value is -3.31. The maximum absolute atomic E-state index is 12.2. The molecule has 0 amide bonds. The smallest absolute Gasteiger partial charge is 0.164 e. The summed E-state index contributed by atoms with van der Waals surface area (Å²) < 4.78 is 8.05. The van der Waals surface area contributed by atoms with Crippen molar-refractivity contribution in [2.75, 3.05) is 0 Å². The van der Waals surface area contributed by atoms with Crippen molar-refractivity contribution in [2.45, 2.75) is 121 Å². The van der Waals surface area contributed by atoms with Crippen LogP contribution in [-0.2, 0) is 36.7 Å². The number of ketones is 1. The van der Waals surface area contributed by atoms with E-state index in [9.17, 15) is 9.90 Å². The maximum atomic E-state index is 12.2. The van der Waals surface area contributed by atoms with Gasteiger partial charge in [0.15, 0.2) is 5.78 Å². The maximum Gasteiger partial charge on any atom is 0.164 e. The zero-order valence-electron chi connectivity index (χ0n) is 33.8. The van der Waals surface area contributed by atoms with E-state index in [1.807, 2.05) is 59.1 Å². The number of aromatic nitrogens is 1. The molecular formula is C47H58IrNO3S-. The quantitative estimate of drug-likeness (QED) is 0.0845. The van der Waals surface area contributed by atoms with Crippen molar-refractivity contribution in [1.82, 2.24) is 4.98 Å². The van der Waals surface area contributed by atoms with Crippen molar-refractivity contribution in [3.05, 3.63) is 88.6 Å². The molecule has 53 heavy (non-hydrogen) atoms. The van der Waals surface area contributed by atoms with Crippen molar-refractivity contribution in [3.63, 3.8) is 0 Å². The van der Waals surface area contributed by atoms with Crippen molar-refractivity contribution in [3.8, 4) is 11.3 Å². The minimum atomic E-state index is -0.337. The van der Waals surface area contributed by atoms with Gasteiger partial charge < -0.3 is 9.52 Å². The Labute approximate surface area is 334 Å². The van der Waals surface area contributed by atoms with Gasteiger partial charge in [-0.3, -0.25) is 9.78 Å². The Morgan fingerprint density at radius 1 is 0.887 bits per heavy atom. The summed E-state index contributed by atoms with van der Waals surface area (Å²) in [6.45, 7) is 25.7. The fourth-order valence-electron chi connectivity index (χ4n) is 7.03. The summed E-state index contributed by atoms with van der Waals surface area (Å²) in [5, 5.41) is 16.0. The molecule has 3 heterocycles. The second-order valence-corrected chi connectivity index (χ2v) is 17.8. The summed E-state index contributed by atoms with van der Waals surface area (Å²) in [6, 6.07) is 21.0. The molecular weight excluding hydrogens is 851 g/mol. The molecule has 285 valence electrons. The molecule has 0 spiro atoms. The van der Waals surface area contributed by atoms with Gasteiger partial charge in [-0.1, -0.05) is 105 Å². The average molecular weight is 909 g/mol. The number of pyridine rings is 1. The Balaban J connectivity index is 0.000000299. The van der Waals surface area contributed by atoms with Crippen LogP contribution in [0.4, 0.5) is 0 Å². The number of aliphatic hydroxyl groups is 1. The van der Waals surface area contributed by atoms with E-state index < -0.39 is 0 Å². The molecule has 0 fully saturated rings. The molecule has 0 aliphatic heterocycles. The van der Waals surface area contributed by atoms with E-state index in [0.29, 0.717) is 5.92 Å². The zero-order chi connectivity index (χ0) is 38.2. The molecule has 6 aromatic rings. The third-order valence-corrected chi connectivity index (χ3v) is 12.7. The molecule has 0 bridgehead atoms. The first kappa shape index (κ1) is 42.4. The van der Waals surface area contributed by atoms with Crippen LogP contribution in [0, 0.1) is 29.7 Å². The Morgan fingerprint density at radius 3 is 2.11 bits per heavy atom. The van der Waals surface area contributed by atoms with Crippen LogP contribution in [0.25, 0.3) is 54.1 Å². The molecule has 0 unspecified atom stereocenters. The number of allylic oxidation sites excluding steroid dienone is 2. The zero-order valence-corrected chi connectivity index (χ0v) is 37.1. The number of benzene rings is 3. The van der Waals surface area contributed by atoms with Gasteiger partial charge in [0.2, 0.25) is 0 Å². The molecule has 0 saturated carbocycles. The predicted octanol–water partition coefficient (Wildman–Crippen LogP) is 14.3. The summed E-state index contributed by atoms with van der Waals surface area (Å²) in [5.74, 6) is 0.875. The number of furan rings is 1. The second-order valence-electron chi connectivity index (χ2n) is 16.5. The van der Waals surface area contributed by atoms with E-state index in [-0.39, 0.29) is 47.9 Å². The third kappa shape index (κ3) is 8.36. The topological polar surface area (TPSA) is 63.3 Å². The minimum absolute atomic E-state index is 0. The monoisotopic (exact) mass is 909 g/mol. The van der Waals surface area contributed by atoms with Gasteiger partial charge in [-0.25, -0.2) is 0 Å². The molecule has 1 N–H and O–H groups in total. The van der Waals surface area contributed by atoms with Crippen LogP contribution >= 0.6 is 11.3 Å². The Bertz CT molecular complexity index is 2260. The summed E-state index contributed by atoms with van der Waals surface area (Å²) in [6.07, 6.45) is 7.72. The number of aryl methyl sites for hydroxylation is 1. The van der Waals surface area contributed by atoms with E-state index in [2.05, 4.69) is 96.1 Å². The number of hydrogen-bond acceptors (Lipinski definition) is 5. The first-order chi connectivity index (χ1) is 24.5. The first-order valence-electron chi connectivity index (χ1n) is 19.1. The van der Waals surface area contributed by atoms with Crippen LogP contribution in [0.2, 0.25) is 0 Å². The number of carbonyl (C=O) groups excluding carboxylic acids is 1. The van der Waals surface area contributed by atoms with Gasteiger partial charge in [0.05, 0.1) is 0 Å². The molecule has 0 atom stereocenters. The minimum Gasteiger partial charge on any atom is -0.512 e. The van der Waals surface area contributed by atoms with Gasteiger partial charge in [-0.05, 0) is 74.1 Å². The van der Waals surface area contributed by atoms with Crippen molar-refractivity contribution in [1.29, 1.82) is 0 Å². The number of aliphatic hydroxyl groups excluding tert-OH is 1. The molecule has 3 aromatic heterocycles. The van der Waals surface area contributed by atoms with E-state index in [4.69, 9.17) is 9.40 Å². The molecule has 0 aliphatic carbocycles. The first-order valence-corrected chi connectivity index (χ1v) is 20.0. The molecule has 6 heteroatoms. The van der Waals surface area contributed by atoms with Gasteiger partial charge in [0, 0.05) is 74.6 Å². The third-order valence-electron chi connectivity index (χ3n) is 11.6. The Kier molecular flexibility index (Phi) is 13.3. The van der Waals surface area contributed by atoms with Crippen molar-refractivity contribution < 1.29 is 34.4 Å². The molecule has 6 rings (SSSR count). The number of carbonyl (C=O) groups is 1. The molecule has 1 radical (unpaired) electrons. The summed E-state index contributed by atoms with van der Waals surface area (Å²) in [7, 11) is 0. The average Bonchev–Trinajstić information content (AvgIpc) is 3.66. The molecule has 3 aromatic carbocycles. The number of nitrogens with zero attached hydrogens (tertiary/aromatic N) is 1. The van der Waals surface area contributed by atoms with Gasteiger partial charge in [0.25, 0.3) is 0 Å². The molecule has 0 saturated heterocycles. The van der Waals surface area contributed by atoms with Gasteiger partial charge >= 0.3 is 0 Å². The van der Waals surface area contributed by atoms with Crippen LogP contribution in [0.3, 0.4) is 0 Å². The number of rotatable bonds is 10. The Morgan fingerprint density at radius 2 is 1.51 bits per heavy atom. The van der Waals surface area contributed by atoms with Crippen molar-refractivity contribution >= 4 is 59.9 Å². The standard InChI is InChI=1S/C32H30NOS.C15H28O2.Ir/c1-18(2)15-25-19(3)35-27-12-11-23-24-13-14-33-29(31(24)34-30(23)28(25)27)21-16-20-9-7-8-10-22(20)26(17-21)32(4,5)6;1-7-14(5,8-2)12(16)11-13(17)15(6,9-3)10-4;/h7-14,17-18H,15H2,1-6H3;11,16H,7-10H2,1-6H3;/q-1;;/b;12-11-;. The molecule has 0 aliphatic rings. The number of fused-ring (bicyclic) bond motifs is 6. The fourth-order valence-corrected chi connectivity index (χ4v) is 8.12. The van der Waals surface area contributed by atoms with E-state index in [1.165, 1.54) is 37.6 Å². The number of hydrogen-bond donors (Lipinski definition) is 1. The molecule has 4 nitrogen and oxygen atoms in total. The van der Waals surface area contributed by atoms with E-state index in [0.717, 1.165) is 70.7 Å². The van der Waals surface area contributed by atoms with Crippen LogP contribution in [0.1, 0.15) is 118 Å². The van der Waals surface area contributed by atoms with Gasteiger partial charge in [-0.15, -0.1) is 40.5 Å². The van der Waals surface area contributed by atoms with Crippen LogP contribution in [-0.4, -0.2) is 15.9 Å². The van der Waals surface area contributed by atoms with E-state index in [1.54, 1.807) is 0 Å². The van der Waals surface area contributed by atoms with Gasteiger partial charge in [-0.2, -0.15) is 0 Å². The largest absolute Gasteiger partial charge is 0.512 e. The SMILES string of the molecule is CCC(C)(CC)C(=O)/C=C(\O)C(C)(CC)CC.Cc1sc2ccc3c4ccnc(-c5[c-]c6ccccc6c(C(C)(C)C)c5)c4oc3c2c1CC(C)C.[Ir]. The number of thiophene rings is 1. The van der Waals surface area contributed by atoms with Crippen molar-refractivity contribution in [2.24, 2.45) is 16.7 Å². The van der Waals surface area contributed by atoms with E-state index >= 15 is 0 Å². The van der Waals surface area contributed by atoms with Crippen LogP contribution in [0.15, 0.2) is 71.0 Å². The normalized spacial score (nSPS) is 12.8. The van der Waals surface area contributed by atoms with Crippen LogP contribution < -0.4 is 0 Å². The summed E-state index contributed by atoms with van der Waals surface area (Å²) in [5.41, 5.74) is 5.80. The van der Waals surface area contributed by atoms with Gasteiger partial charge in [0.1, 0.15) is 16.9 Å². The fraction of sp³-hybridized carbons (Fsp3) is 0.447. The predicted molar refractivity (Wildman–Crippen MR) is 224 cm³/mol.